The summed E-state index contributed by atoms with van der Waals surface area (Å²) in [5.41, 5.74) is 6.32. The Kier molecular flexibility index (Phi) is 6.89. The predicted octanol–water partition coefficient (Wildman–Crippen LogP) is 1.91. The molecule has 0 atom stereocenters. The number of nitrogens with zero attached hydrogens (tertiary/aromatic N) is 2. The lowest BCUT2D eigenvalue weighted by atomic mass is 10.3. The van der Waals surface area contributed by atoms with Crippen LogP contribution in [0.4, 0.5) is 8.78 Å². The van der Waals surface area contributed by atoms with Crippen LogP contribution in [0.25, 0.3) is 0 Å². The fourth-order valence-corrected chi connectivity index (χ4v) is 1.47. The Balaban J connectivity index is 0.00000200. The Morgan fingerprint density at radius 1 is 1.55 bits per heavy atom. The summed E-state index contributed by atoms with van der Waals surface area (Å²) in [5, 5.41) is 3.04. The number of aromatic nitrogens is 1. The summed E-state index contributed by atoms with van der Waals surface area (Å²) in [6.45, 7) is -0.429. The maximum atomic E-state index is 12.1. The lowest BCUT2D eigenvalue weighted by molar-refractivity contribution is 0.0791. The largest absolute Gasteiger partial charge is 0.471 e. The van der Waals surface area contributed by atoms with Crippen molar-refractivity contribution in [1.82, 2.24) is 10.3 Å². The number of guanidine groups is 1. The van der Waals surface area contributed by atoms with Gasteiger partial charge in [0.1, 0.15) is 0 Å². The SMILES string of the molecule is I.NC(=NCc1cccnc1OCC(F)F)NC1CC1. The second-order valence-corrected chi connectivity index (χ2v) is 4.29. The van der Waals surface area contributed by atoms with E-state index in [1.165, 1.54) is 6.20 Å². The molecule has 0 bridgehead atoms. The molecule has 0 amide bonds. The number of nitrogens with one attached hydrogen (secondary N) is 1. The molecule has 1 aliphatic rings. The van der Waals surface area contributed by atoms with Crippen molar-refractivity contribution in [3.8, 4) is 5.88 Å². The standard InChI is InChI=1S/C12H16F2N4O.HI/c13-10(14)7-19-11-8(2-1-5-16-11)6-17-12(15)18-9-3-4-9;/h1-2,5,9-10H,3-4,6-7H2,(H3,15,17,18);1H. The van der Waals surface area contributed by atoms with Crippen LogP contribution in [0.15, 0.2) is 23.3 Å². The minimum Gasteiger partial charge on any atom is -0.471 e. The molecule has 1 saturated carbocycles. The van der Waals surface area contributed by atoms with Crippen molar-refractivity contribution in [3.05, 3.63) is 23.9 Å². The van der Waals surface area contributed by atoms with Gasteiger partial charge in [-0.3, -0.25) is 0 Å². The molecule has 0 aromatic carbocycles. The van der Waals surface area contributed by atoms with Crippen LogP contribution in [-0.4, -0.2) is 30.0 Å². The number of hydrogen-bond acceptors (Lipinski definition) is 3. The van der Waals surface area contributed by atoms with Crippen molar-refractivity contribution in [2.75, 3.05) is 6.61 Å². The van der Waals surface area contributed by atoms with Gasteiger partial charge >= 0.3 is 0 Å². The molecule has 2 rings (SSSR count). The van der Waals surface area contributed by atoms with Gasteiger partial charge in [0.2, 0.25) is 5.88 Å². The van der Waals surface area contributed by atoms with Crippen molar-refractivity contribution < 1.29 is 13.5 Å². The average molecular weight is 398 g/mol. The maximum absolute atomic E-state index is 12.1. The van der Waals surface area contributed by atoms with Crippen LogP contribution < -0.4 is 15.8 Å². The van der Waals surface area contributed by atoms with Crippen LogP contribution in [0.1, 0.15) is 18.4 Å². The summed E-state index contributed by atoms with van der Waals surface area (Å²) in [7, 11) is 0. The normalized spacial score (nSPS) is 14.8. The van der Waals surface area contributed by atoms with E-state index in [2.05, 4.69) is 15.3 Å². The van der Waals surface area contributed by atoms with Crippen LogP contribution in [0.2, 0.25) is 0 Å². The molecule has 1 heterocycles. The topological polar surface area (TPSA) is 72.5 Å². The number of hydrogen-bond donors (Lipinski definition) is 2. The van der Waals surface area contributed by atoms with Gasteiger partial charge in [0.25, 0.3) is 6.43 Å². The average Bonchev–Trinajstić information content (AvgIpc) is 3.18. The van der Waals surface area contributed by atoms with Gasteiger partial charge in [0.15, 0.2) is 12.6 Å². The first-order valence-corrected chi connectivity index (χ1v) is 6.06. The summed E-state index contributed by atoms with van der Waals surface area (Å²) in [6.07, 6.45) is 1.16. The zero-order valence-corrected chi connectivity index (χ0v) is 13.1. The number of aliphatic imine (C=N–C) groups is 1. The second-order valence-electron chi connectivity index (χ2n) is 4.29. The molecule has 112 valence electrons. The fraction of sp³-hybridized carbons (Fsp3) is 0.500. The third kappa shape index (κ3) is 5.85. The van der Waals surface area contributed by atoms with E-state index in [0.29, 0.717) is 17.6 Å². The van der Waals surface area contributed by atoms with Crippen LogP contribution >= 0.6 is 24.0 Å². The van der Waals surface area contributed by atoms with Gasteiger partial charge in [-0.25, -0.2) is 18.8 Å². The molecule has 8 heteroatoms. The number of halogens is 3. The Bertz CT molecular complexity index is 455. The van der Waals surface area contributed by atoms with Crippen LogP contribution in [0, 0.1) is 0 Å². The lowest BCUT2D eigenvalue weighted by Crippen LogP contribution is -2.33. The molecule has 3 N–H and O–H groups in total. The highest BCUT2D eigenvalue weighted by atomic mass is 127. The highest BCUT2D eigenvalue weighted by Crippen LogP contribution is 2.19. The number of alkyl halides is 2. The van der Waals surface area contributed by atoms with Crippen LogP contribution in [0.3, 0.4) is 0 Å². The molecular formula is C12H17F2IN4O. The molecular weight excluding hydrogens is 381 g/mol. The molecule has 0 saturated heterocycles. The lowest BCUT2D eigenvalue weighted by Gasteiger charge is -2.08. The van der Waals surface area contributed by atoms with E-state index in [9.17, 15) is 8.78 Å². The van der Waals surface area contributed by atoms with Crippen molar-refractivity contribution in [1.29, 1.82) is 0 Å². The highest BCUT2D eigenvalue weighted by Gasteiger charge is 2.21. The third-order valence-electron chi connectivity index (χ3n) is 2.55. The minimum absolute atomic E-state index is 0. The Morgan fingerprint density at radius 3 is 2.95 bits per heavy atom. The van der Waals surface area contributed by atoms with Crippen molar-refractivity contribution in [2.24, 2.45) is 10.7 Å². The summed E-state index contributed by atoms with van der Waals surface area (Å²) in [6, 6.07) is 3.85. The second kappa shape index (κ2) is 8.18. The molecule has 1 aromatic rings. The number of ether oxygens (including phenoxy) is 1. The van der Waals surface area contributed by atoms with E-state index in [1.807, 2.05) is 0 Å². The van der Waals surface area contributed by atoms with Gasteiger partial charge in [0, 0.05) is 17.8 Å². The molecule has 5 nitrogen and oxygen atoms in total. The van der Waals surface area contributed by atoms with Crippen molar-refractivity contribution >= 4 is 29.9 Å². The molecule has 0 aliphatic heterocycles. The smallest absolute Gasteiger partial charge is 0.272 e. The monoisotopic (exact) mass is 398 g/mol. The molecule has 20 heavy (non-hydrogen) atoms. The van der Waals surface area contributed by atoms with Gasteiger partial charge in [-0.1, -0.05) is 6.07 Å². The van der Waals surface area contributed by atoms with Crippen molar-refractivity contribution in [2.45, 2.75) is 31.9 Å². The van der Waals surface area contributed by atoms with E-state index in [-0.39, 0.29) is 36.4 Å². The summed E-state index contributed by atoms with van der Waals surface area (Å²) in [5.74, 6) is 0.525. The van der Waals surface area contributed by atoms with E-state index in [1.54, 1.807) is 12.1 Å². The van der Waals surface area contributed by atoms with Crippen molar-refractivity contribution in [3.63, 3.8) is 0 Å². The molecule has 1 aromatic heterocycles. The maximum Gasteiger partial charge on any atom is 0.272 e. The number of rotatable bonds is 6. The first-order chi connectivity index (χ1) is 9.15. The summed E-state index contributed by atoms with van der Waals surface area (Å²) in [4.78, 5) is 8.05. The highest BCUT2D eigenvalue weighted by molar-refractivity contribution is 14.0. The molecule has 0 unspecified atom stereocenters. The molecule has 0 radical (unpaired) electrons. The fourth-order valence-electron chi connectivity index (χ4n) is 1.47. The minimum atomic E-state index is -2.53. The Hall–Kier alpha value is -1.19. The van der Waals surface area contributed by atoms with Crippen LogP contribution in [-0.2, 0) is 6.54 Å². The summed E-state index contributed by atoms with van der Waals surface area (Å²) >= 11 is 0. The van der Waals surface area contributed by atoms with Gasteiger partial charge in [-0.05, 0) is 18.9 Å². The molecule has 1 fully saturated rings. The quantitative estimate of drug-likeness (QED) is 0.436. The molecule has 0 spiro atoms. The van der Waals surface area contributed by atoms with E-state index in [0.717, 1.165) is 12.8 Å². The first-order valence-electron chi connectivity index (χ1n) is 6.06. The molecule has 1 aliphatic carbocycles. The van der Waals surface area contributed by atoms with E-state index >= 15 is 0 Å². The Morgan fingerprint density at radius 2 is 2.30 bits per heavy atom. The van der Waals surface area contributed by atoms with Crippen LogP contribution in [0.5, 0.6) is 5.88 Å². The van der Waals surface area contributed by atoms with Gasteiger partial charge < -0.3 is 15.8 Å². The number of pyridine rings is 1. The van der Waals surface area contributed by atoms with E-state index in [4.69, 9.17) is 10.5 Å². The van der Waals surface area contributed by atoms with E-state index < -0.39 is 13.0 Å². The van der Waals surface area contributed by atoms with Gasteiger partial charge in [0.05, 0.1) is 6.54 Å². The first kappa shape index (κ1) is 16.9. The predicted molar refractivity (Wildman–Crippen MR) is 82.6 cm³/mol. The zero-order chi connectivity index (χ0) is 13.7. The number of nitrogens with two attached hydrogens (primary N) is 1. The summed E-state index contributed by atoms with van der Waals surface area (Å²) < 4.78 is 29.1. The zero-order valence-electron chi connectivity index (χ0n) is 10.8. The third-order valence-corrected chi connectivity index (χ3v) is 2.55. The van der Waals surface area contributed by atoms with Gasteiger partial charge in [-0.15, -0.1) is 24.0 Å². The van der Waals surface area contributed by atoms with Gasteiger partial charge in [-0.2, -0.15) is 0 Å². The Labute approximate surface area is 133 Å².